The van der Waals surface area contributed by atoms with Gasteiger partial charge in [0.05, 0.1) is 12.8 Å². The lowest BCUT2D eigenvalue weighted by Gasteiger charge is -2.38. The van der Waals surface area contributed by atoms with E-state index in [1.807, 2.05) is 0 Å². The number of alkyl halides is 6. The van der Waals surface area contributed by atoms with Crippen LogP contribution in [-0.2, 0) is 6.54 Å². The number of furan rings is 1. The predicted octanol–water partition coefficient (Wildman–Crippen LogP) is 3.93. The van der Waals surface area contributed by atoms with Crippen molar-refractivity contribution >= 4 is 5.91 Å². The molecule has 1 amide bonds. The lowest BCUT2D eigenvalue weighted by atomic mass is 10.0. The number of carbonyl (C=O) groups is 1. The van der Waals surface area contributed by atoms with Crippen molar-refractivity contribution in [2.45, 2.75) is 31.5 Å². The van der Waals surface area contributed by atoms with E-state index in [4.69, 9.17) is 4.42 Å². The van der Waals surface area contributed by atoms with E-state index in [0.29, 0.717) is 0 Å². The van der Waals surface area contributed by atoms with Gasteiger partial charge >= 0.3 is 12.4 Å². The van der Waals surface area contributed by atoms with Gasteiger partial charge in [-0.05, 0) is 30.7 Å². The Bertz CT molecular complexity index is 739. The maximum atomic E-state index is 13.4. The normalized spacial score (nSPS) is 12.9. The number of benzene rings is 1. The summed E-state index contributed by atoms with van der Waals surface area (Å²) >= 11 is 0. The van der Waals surface area contributed by atoms with Crippen molar-refractivity contribution in [2.24, 2.45) is 0 Å². The number of rotatable bonds is 5. The molecule has 2 N–H and O–H groups in total. The van der Waals surface area contributed by atoms with Crippen molar-refractivity contribution in [3.63, 3.8) is 0 Å². The van der Waals surface area contributed by atoms with Gasteiger partial charge in [-0.25, -0.2) is 0 Å². The zero-order valence-corrected chi connectivity index (χ0v) is 13.3. The molecule has 1 aromatic heterocycles. The summed E-state index contributed by atoms with van der Waals surface area (Å²) in [6.45, 7) is 0.494. The molecular formula is C16H14F6N2O2. The summed E-state index contributed by atoms with van der Waals surface area (Å²) in [7, 11) is 0. The molecule has 0 radical (unpaired) electrons. The van der Waals surface area contributed by atoms with Crippen molar-refractivity contribution in [3.05, 3.63) is 59.5 Å². The zero-order valence-electron chi connectivity index (χ0n) is 13.3. The third-order valence-electron chi connectivity index (χ3n) is 3.65. The summed E-state index contributed by atoms with van der Waals surface area (Å²) in [6, 6.07) is 7.88. The fraction of sp³-hybridized carbons (Fsp3) is 0.312. The van der Waals surface area contributed by atoms with Crippen molar-refractivity contribution in [3.8, 4) is 0 Å². The van der Waals surface area contributed by atoms with Crippen LogP contribution in [0.5, 0.6) is 0 Å². The minimum atomic E-state index is -5.86. The third-order valence-corrected chi connectivity index (χ3v) is 3.65. The van der Waals surface area contributed by atoms with Gasteiger partial charge in [0.1, 0.15) is 5.76 Å². The van der Waals surface area contributed by atoms with Gasteiger partial charge < -0.3 is 9.73 Å². The van der Waals surface area contributed by atoms with Crippen LogP contribution in [0.3, 0.4) is 0 Å². The van der Waals surface area contributed by atoms with Crippen LogP contribution in [0.4, 0.5) is 26.3 Å². The average molecular weight is 380 g/mol. The third kappa shape index (κ3) is 3.85. The van der Waals surface area contributed by atoms with Gasteiger partial charge in [-0.15, -0.1) is 0 Å². The largest absolute Gasteiger partial charge is 0.468 e. The van der Waals surface area contributed by atoms with Gasteiger partial charge in [-0.3, -0.25) is 10.1 Å². The van der Waals surface area contributed by atoms with Crippen molar-refractivity contribution in [2.75, 3.05) is 0 Å². The summed E-state index contributed by atoms with van der Waals surface area (Å²) in [5, 5.41) is 2.45. The average Bonchev–Trinajstić information content (AvgIpc) is 3.02. The van der Waals surface area contributed by atoms with E-state index in [9.17, 15) is 31.1 Å². The Labute approximate surface area is 144 Å². The molecule has 0 aliphatic carbocycles. The summed E-state index contributed by atoms with van der Waals surface area (Å²) in [5.74, 6) is -1.67. The van der Waals surface area contributed by atoms with Crippen LogP contribution in [0.1, 0.15) is 21.7 Å². The van der Waals surface area contributed by atoms with E-state index >= 15 is 0 Å². The van der Waals surface area contributed by atoms with Crippen molar-refractivity contribution in [1.82, 2.24) is 10.6 Å². The van der Waals surface area contributed by atoms with Crippen molar-refractivity contribution < 1.29 is 35.6 Å². The first-order chi connectivity index (χ1) is 12.0. The number of amides is 1. The highest BCUT2D eigenvalue weighted by Gasteiger charge is 2.72. The molecular weight excluding hydrogens is 366 g/mol. The maximum absolute atomic E-state index is 13.4. The summed E-state index contributed by atoms with van der Waals surface area (Å²) in [4.78, 5) is 12.2. The minimum absolute atomic E-state index is 0.159. The van der Waals surface area contributed by atoms with Crippen LogP contribution in [-0.4, -0.2) is 23.9 Å². The van der Waals surface area contributed by atoms with E-state index in [1.165, 1.54) is 42.6 Å². The number of aryl methyl sites for hydroxylation is 1. The lowest BCUT2D eigenvalue weighted by molar-refractivity contribution is -0.315. The Hall–Kier alpha value is -2.49. The van der Waals surface area contributed by atoms with Gasteiger partial charge in [-0.1, -0.05) is 18.2 Å². The molecule has 10 heteroatoms. The number of halogens is 6. The highest BCUT2D eigenvalue weighted by molar-refractivity contribution is 5.96. The first kappa shape index (κ1) is 19.8. The molecule has 1 heterocycles. The van der Waals surface area contributed by atoms with Crippen LogP contribution in [0.2, 0.25) is 0 Å². The second-order valence-electron chi connectivity index (χ2n) is 5.45. The summed E-state index contributed by atoms with van der Waals surface area (Å²) in [5.41, 5.74) is -4.72. The SMILES string of the molecule is Cc1ccccc1C(=O)NC(NCc1ccco1)(C(F)(F)F)C(F)(F)F. The molecule has 0 saturated carbocycles. The Morgan fingerprint density at radius 2 is 1.62 bits per heavy atom. The van der Waals surface area contributed by atoms with Crippen LogP contribution in [0.15, 0.2) is 47.1 Å². The highest BCUT2D eigenvalue weighted by atomic mass is 19.4. The number of nitrogens with one attached hydrogen (secondary N) is 2. The predicted molar refractivity (Wildman–Crippen MR) is 79.0 cm³/mol. The fourth-order valence-corrected chi connectivity index (χ4v) is 2.25. The quantitative estimate of drug-likeness (QED) is 0.611. The fourth-order valence-electron chi connectivity index (χ4n) is 2.25. The standard InChI is InChI=1S/C16H14F6N2O2/c1-10-5-2-3-7-12(10)13(25)24-14(15(17,18)19,16(20,21)22)23-9-11-6-4-8-26-11/h2-8,23H,9H2,1H3,(H,24,25). The van der Waals surface area contributed by atoms with Crippen LogP contribution < -0.4 is 10.6 Å². The first-order valence-electron chi connectivity index (χ1n) is 7.27. The second-order valence-corrected chi connectivity index (χ2v) is 5.45. The van der Waals surface area contributed by atoms with E-state index < -0.39 is 30.5 Å². The minimum Gasteiger partial charge on any atom is -0.468 e. The molecule has 0 aliphatic rings. The Kier molecular flexibility index (Phi) is 5.36. The van der Waals surface area contributed by atoms with E-state index in [0.717, 1.165) is 17.6 Å². The molecule has 0 spiro atoms. The van der Waals surface area contributed by atoms with Gasteiger partial charge in [0.15, 0.2) is 0 Å². The molecule has 0 atom stereocenters. The lowest BCUT2D eigenvalue weighted by Crippen LogP contribution is -2.75. The van der Waals surface area contributed by atoms with Crippen LogP contribution >= 0.6 is 0 Å². The van der Waals surface area contributed by atoms with E-state index in [1.54, 1.807) is 0 Å². The topological polar surface area (TPSA) is 54.3 Å². The van der Waals surface area contributed by atoms with Crippen LogP contribution in [0.25, 0.3) is 0 Å². The highest BCUT2D eigenvalue weighted by Crippen LogP contribution is 2.41. The summed E-state index contributed by atoms with van der Waals surface area (Å²) < 4.78 is 85.4. The monoisotopic (exact) mass is 380 g/mol. The Morgan fingerprint density at radius 3 is 2.12 bits per heavy atom. The molecule has 4 nitrogen and oxygen atoms in total. The molecule has 26 heavy (non-hydrogen) atoms. The maximum Gasteiger partial charge on any atom is 0.434 e. The first-order valence-corrected chi connectivity index (χ1v) is 7.27. The van der Waals surface area contributed by atoms with Gasteiger partial charge in [-0.2, -0.15) is 26.3 Å². The molecule has 0 aliphatic heterocycles. The molecule has 0 saturated heterocycles. The Balaban J connectivity index is 2.41. The zero-order chi connectivity index (χ0) is 19.6. The Morgan fingerprint density at radius 1 is 1.00 bits per heavy atom. The molecule has 1 aromatic carbocycles. The molecule has 2 aromatic rings. The molecule has 2 rings (SSSR count). The van der Waals surface area contributed by atoms with Gasteiger partial charge in [0.25, 0.3) is 11.6 Å². The van der Waals surface area contributed by atoms with E-state index in [-0.39, 0.29) is 16.9 Å². The number of hydrogen-bond donors (Lipinski definition) is 2. The van der Waals surface area contributed by atoms with Crippen molar-refractivity contribution in [1.29, 1.82) is 0 Å². The number of hydrogen-bond acceptors (Lipinski definition) is 3. The van der Waals surface area contributed by atoms with Gasteiger partial charge in [0, 0.05) is 5.56 Å². The van der Waals surface area contributed by atoms with Gasteiger partial charge in [0.2, 0.25) is 0 Å². The molecule has 0 unspecified atom stereocenters. The molecule has 0 bridgehead atoms. The van der Waals surface area contributed by atoms with E-state index in [2.05, 4.69) is 0 Å². The summed E-state index contributed by atoms with van der Waals surface area (Å²) in [6.07, 6.45) is -10.6. The number of carbonyl (C=O) groups excluding carboxylic acids is 1. The smallest absolute Gasteiger partial charge is 0.434 e. The second kappa shape index (κ2) is 7.02. The van der Waals surface area contributed by atoms with Crippen LogP contribution in [0, 0.1) is 6.92 Å². The molecule has 142 valence electrons. The molecule has 0 fully saturated rings.